The van der Waals surface area contributed by atoms with Crippen LogP contribution in [0.3, 0.4) is 0 Å². The molecule has 26 heavy (non-hydrogen) atoms. The first-order valence-corrected chi connectivity index (χ1v) is 8.43. The van der Waals surface area contributed by atoms with Crippen LogP contribution in [-0.2, 0) is 0 Å². The standard InChI is InChI=1S/C19H17F3N4/c1-11-10-23-7-8-26(11)19-24-16-9-12(20)5-6-13(16)18(25-19)17-14(21)3-2-4-15(17)22/h2-6,9,11,23H,7-8,10H2,1H3/t11-/m1/s1. The Morgan fingerprint density at radius 1 is 1.08 bits per heavy atom. The van der Waals surface area contributed by atoms with Crippen molar-refractivity contribution in [3.05, 3.63) is 53.8 Å². The van der Waals surface area contributed by atoms with E-state index in [1.54, 1.807) is 0 Å². The summed E-state index contributed by atoms with van der Waals surface area (Å²) in [6.45, 7) is 4.15. The summed E-state index contributed by atoms with van der Waals surface area (Å²) in [5, 5.41) is 3.67. The van der Waals surface area contributed by atoms with Gasteiger partial charge in [0.2, 0.25) is 5.95 Å². The predicted molar refractivity (Wildman–Crippen MR) is 94.5 cm³/mol. The Morgan fingerprint density at radius 2 is 1.85 bits per heavy atom. The first kappa shape index (κ1) is 16.8. The van der Waals surface area contributed by atoms with Gasteiger partial charge in [-0.25, -0.2) is 23.1 Å². The molecule has 0 radical (unpaired) electrons. The molecular formula is C19H17F3N4. The molecule has 0 aliphatic carbocycles. The SMILES string of the molecule is C[C@@H]1CNCCN1c1nc(-c2c(F)cccc2F)c2ccc(F)cc2n1. The van der Waals surface area contributed by atoms with Crippen LogP contribution in [0.25, 0.3) is 22.2 Å². The first-order chi connectivity index (χ1) is 12.5. The molecule has 0 saturated carbocycles. The van der Waals surface area contributed by atoms with Gasteiger partial charge in [-0.2, -0.15) is 0 Å². The van der Waals surface area contributed by atoms with Crippen molar-refractivity contribution >= 4 is 16.9 Å². The molecule has 1 saturated heterocycles. The van der Waals surface area contributed by atoms with Gasteiger partial charge < -0.3 is 10.2 Å². The Bertz CT molecular complexity index is 956. The van der Waals surface area contributed by atoms with E-state index in [1.165, 1.54) is 36.4 Å². The van der Waals surface area contributed by atoms with Gasteiger partial charge >= 0.3 is 0 Å². The molecule has 2 heterocycles. The average Bonchev–Trinajstić information content (AvgIpc) is 2.61. The Morgan fingerprint density at radius 3 is 2.58 bits per heavy atom. The van der Waals surface area contributed by atoms with Crippen LogP contribution in [0, 0.1) is 17.5 Å². The summed E-state index contributed by atoms with van der Waals surface area (Å²) in [5.74, 6) is -1.55. The Hall–Kier alpha value is -2.67. The van der Waals surface area contributed by atoms with Crippen molar-refractivity contribution in [2.45, 2.75) is 13.0 Å². The van der Waals surface area contributed by atoms with E-state index in [2.05, 4.69) is 15.3 Å². The van der Waals surface area contributed by atoms with Gasteiger partial charge in [0.15, 0.2) is 0 Å². The zero-order chi connectivity index (χ0) is 18.3. The minimum Gasteiger partial charge on any atom is -0.336 e. The average molecular weight is 358 g/mol. The summed E-state index contributed by atoms with van der Waals surface area (Å²) in [4.78, 5) is 10.9. The fourth-order valence-electron chi connectivity index (χ4n) is 3.27. The lowest BCUT2D eigenvalue weighted by atomic mass is 10.0. The minimum atomic E-state index is -0.714. The summed E-state index contributed by atoms with van der Waals surface area (Å²) in [6.07, 6.45) is 0. The van der Waals surface area contributed by atoms with Crippen LogP contribution in [0.15, 0.2) is 36.4 Å². The number of fused-ring (bicyclic) bond motifs is 1. The molecule has 0 amide bonds. The lowest BCUT2D eigenvalue weighted by Crippen LogP contribution is -2.50. The topological polar surface area (TPSA) is 41.0 Å². The van der Waals surface area contributed by atoms with Crippen molar-refractivity contribution in [1.82, 2.24) is 15.3 Å². The van der Waals surface area contributed by atoms with Crippen LogP contribution < -0.4 is 10.2 Å². The Kier molecular flexibility index (Phi) is 4.24. The molecule has 1 atom stereocenters. The third-order valence-corrected chi connectivity index (χ3v) is 4.60. The van der Waals surface area contributed by atoms with Crippen molar-refractivity contribution in [2.75, 3.05) is 24.5 Å². The van der Waals surface area contributed by atoms with E-state index in [0.29, 0.717) is 23.4 Å². The van der Waals surface area contributed by atoms with Gasteiger partial charge in [-0.15, -0.1) is 0 Å². The molecule has 1 aliphatic rings. The largest absolute Gasteiger partial charge is 0.336 e. The lowest BCUT2D eigenvalue weighted by Gasteiger charge is -2.34. The van der Waals surface area contributed by atoms with Crippen molar-refractivity contribution in [3.8, 4) is 11.3 Å². The number of hydrogen-bond acceptors (Lipinski definition) is 4. The maximum absolute atomic E-state index is 14.4. The highest BCUT2D eigenvalue weighted by Gasteiger charge is 2.24. The van der Waals surface area contributed by atoms with E-state index in [9.17, 15) is 13.2 Å². The molecule has 1 fully saturated rings. The van der Waals surface area contributed by atoms with E-state index in [4.69, 9.17) is 0 Å². The van der Waals surface area contributed by atoms with Crippen LogP contribution in [0.4, 0.5) is 19.1 Å². The van der Waals surface area contributed by atoms with Gasteiger partial charge in [0.1, 0.15) is 17.5 Å². The summed E-state index contributed by atoms with van der Waals surface area (Å²) >= 11 is 0. The molecular weight excluding hydrogens is 341 g/mol. The quantitative estimate of drug-likeness (QED) is 0.761. The van der Waals surface area contributed by atoms with Gasteiger partial charge in [-0.1, -0.05) is 6.07 Å². The fraction of sp³-hybridized carbons (Fsp3) is 0.263. The van der Waals surface area contributed by atoms with Gasteiger partial charge in [-0.3, -0.25) is 0 Å². The zero-order valence-electron chi connectivity index (χ0n) is 14.1. The molecule has 3 aromatic rings. The molecule has 0 unspecified atom stereocenters. The predicted octanol–water partition coefficient (Wildman–Crippen LogP) is 3.51. The molecule has 4 nitrogen and oxygen atoms in total. The third-order valence-electron chi connectivity index (χ3n) is 4.60. The van der Waals surface area contributed by atoms with Gasteiger partial charge in [0, 0.05) is 37.1 Å². The normalized spacial score (nSPS) is 17.7. The summed E-state index contributed by atoms with van der Waals surface area (Å²) < 4.78 is 42.5. The molecule has 134 valence electrons. The molecule has 1 N–H and O–H groups in total. The van der Waals surface area contributed by atoms with Crippen LogP contribution in [-0.4, -0.2) is 35.6 Å². The highest BCUT2D eigenvalue weighted by molar-refractivity contribution is 5.93. The second-order valence-electron chi connectivity index (χ2n) is 6.38. The third kappa shape index (κ3) is 2.88. The number of nitrogens with zero attached hydrogens (tertiary/aromatic N) is 3. The highest BCUT2D eigenvalue weighted by atomic mass is 19.1. The van der Waals surface area contributed by atoms with Crippen molar-refractivity contribution in [1.29, 1.82) is 0 Å². The van der Waals surface area contributed by atoms with Crippen LogP contribution >= 0.6 is 0 Å². The molecule has 0 spiro atoms. The summed E-state index contributed by atoms with van der Waals surface area (Å²) in [7, 11) is 0. The monoisotopic (exact) mass is 358 g/mol. The molecule has 7 heteroatoms. The van der Waals surface area contributed by atoms with Gasteiger partial charge in [0.05, 0.1) is 16.8 Å². The number of rotatable bonds is 2. The lowest BCUT2D eigenvalue weighted by molar-refractivity contribution is 0.493. The molecule has 1 aliphatic heterocycles. The number of halogens is 3. The number of anilines is 1. The van der Waals surface area contributed by atoms with Crippen LogP contribution in [0.1, 0.15) is 6.92 Å². The molecule has 0 bridgehead atoms. The van der Waals surface area contributed by atoms with E-state index < -0.39 is 17.5 Å². The Labute approximate surface area is 148 Å². The zero-order valence-corrected chi connectivity index (χ0v) is 14.1. The maximum Gasteiger partial charge on any atom is 0.226 e. The van der Waals surface area contributed by atoms with Crippen molar-refractivity contribution in [3.63, 3.8) is 0 Å². The van der Waals surface area contributed by atoms with Gasteiger partial charge in [0.25, 0.3) is 0 Å². The number of piperazine rings is 1. The Balaban J connectivity index is 1.99. The summed E-state index contributed by atoms with van der Waals surface area (Å²) in [6, 6.07) is 7.73. The molecule has 4 rings (SSSR count). The van der Waals surface area contributed by atoms with E-state index in [0.717, 1.165) is 13.1 Å². The van der Waals surface area contributed by atoms with Crippen molar-refractivity contribution < 1.29 is 13.2 Å². The van der Waals surface area contributed by atoms with Crippen molar-refractivity contribution in [2.24, 2.45) is 0 Å². The maximum atomic E-state index is 14.4. The number of benzene rings is 2. The van der Waals surface area contributed by atoms with E-state index >= 15 is 0 Å². The molecule has 1 aromatic heterocycles. The van der Waals surface area contributed by atoms with E-state index in [-0.39, 0.29) is 17.3 Å². The minimum absolute atomic E-state index is 0.105. The molecule has 2 aromatic carbocycles. The van der Waals surface area contributed by atoms with Crippen LogP contribution in [0.2, 0.25) is 0 Å². The number of aromatic nitrogens is 2. The van der Waals surface area contributed by atoms with Crippen LogP contribution in [0.5, 0.6) is 0 Å². The number of hydrogen-bond donors (Lipinski definition) is 1. The number of nitrogens with one attached hydrogen (secondary N) is 1. The van der Waals surface area contributed by atoms with E-state index in [1.807, 2.05) is 11.8 Å². The summed E-state index contributed by atoms with van der Waals surface area (Å²) in [5.41, 5.74) is 0.222. The van der Waals surface area contributed by atoms with Gasteiger partial charge in [-0.05, 0) is 31.2 Å². The first-order valence-electron chi connectivity index (χ1n) is 8.43. The highest BCUT2D eigenvalue weighted by Crippen LogP contribution is 2.32. The fourth-order valence-corrected chi connectivity index (χ4v) is 3.27. The second kappa shape index (κ2) is 6.57. The smallest absolute Gasteiger partial charge is 0.226 e. The second-order valence-corrected chi connectivity index (χ2v) is 6.38.